The highest BCUT2D eigenvalue weighted by molar-refractivity contribution is 5.85. The van der Waals surface area contributed by atoms with Crippen molar-refractivity contribution in [1.29, 1.82) is 0 Å². The van der Waals surface area contributed by atoms with Crippen molar-refractivity contribution in [1.82, 2.24) is 10.6 Å². The summed E-state index contributed by atoms with van der Waals surface area (Å²) < 4.78 is 32.3. The number of carboxylic acid groups (broad SMARTS) is 1. The Balaban J connectivity index is 1.38. The SMILES string of the molecule is CC1(C(=O)NCC(F)(F)C(=O)O)CCCC1NC(=O)OCC1c2ccccc2-c2ccccc21. The van der Waals surface area contributed by atoms with E-state index in [1.807, 2.05) is 53.8 Å². The van der Waals surface area contributed by atoms with Gasteiger partial charge in [-0.1, -0.05) is 55.0 Å². The first kappa shape index (κ1) is 23.7. The highest BCUT2D eigenvalue weighted by atomic mass is 19.3. The minimum absolute atomic E-state index is 0.111. The number of hydrogen-bond acceptors (Lipinski definition) is 4. The Morgan fingerprint density at radius 2 is 1.68 bits per heavy atom. The molecule has 1 fully saturated rings. The van der Waals surface area contributed by atoms with Gasteiger partial charge >= 0.3 is 18.0 Å². The molecule has 2 aromatic carbocycles. The molecule has 2 aromatic rings. The summed E-state index contributed by atoms with van der Waals surface area (Å²) in [5.41, 5.74) is 3.19. The molecule has 0 spiro atoms. The number of amides is 2. The van der Waals surface area contributed by atoms with Crippen molar-refractivity contribution in [3.63, 3.8) is 0 Å². The first-order valence-electron chi connectivity index (χ1n) is 11.1. The molecule has 2 aliphatic carbocycles. The van der Waals surface area contributed by atoms with Crippen molar-refractivity contribution in [3.8, 4) is 11.1 Å². The average molecular weight is 472 g/mol. The van der Waals surface area contributed by atoms with Crippen LogP contribution in [0.5, 0.6) is 0 Å². The van der Waals surface area contributed by atoms with Gasteiger partial charge < -0.3 is 20.5 Å². The maximum atomic E-state index is 13.4. The fourth-order valence-electron chi connectivity index (χ4n) is 4.92. The number of carbonyl (C=O) groups excluding carboxylic acids is 2. The summed E-state index contributed by atoms with van der Waals surface area (Å²) in [6, 6.07) is 15.3. The van der Waals surface area contributed by atoms with Crippen molar-refractivity contribution in [2.75, 3.05) is 13.2 Å². The van der Waals surface area contributed by atoms with E-state index in [0.29, 0.717) is 19.3 Å². The summed E-state index contributed by atoms with van der Waals surface area (Å²) in [5, 5.41) is 13.3. The third-order valence-corrected chi connectivity index (χ3v) is 6.90. The zero-order valence-corrected chi connectivity index (χ0v) is 18.6. The molecule has 0 aromatic heterocycles. The van der Waals surface area contributed by atoms with Gasteiger partial charge in [-0.25, -0.2) is 9.59 Å². The first-order chi connectivity index (χ1) is 16.1. The number of fused-ring (bicyclic) bond motifs is 3. The number of ether oxygens (including phenoxy) is 1. The van der Waals surface area contributed by atoms with Gasteiger partial charge in [0, 0.05) is 12.0 Å². The molecular formula is C25H26F2N2O5. The molecule has 4 rings (SSSR count). The van der Waals surface area contributed by atoms with E-state index in [1.54, 1.807) is 6.92 Å². The number of alkyl carbamates (subject to hydrolysis) is 1. The Morgan fingerprint density at radius 3 is 2.26 bits per heavy atom. The average Bonchev–Trinajstić information content (AvgIpc) is 3.34. The number of carbonyl (C=O) groups is 3. The van der Waals surface area contributed by atoms with Gasteiger partial charge in [0.15, 0.2) is 0 Å². The molecule has 2 aliphatic rings. The van der Waals surface area contributed by atoms with E-state index in [-0.39, 0.29) is 12.5 Å². The molecular weight excluding hydrogens is 446 g/mol. The second-order valence-electron chi connectivity index (χ2n) is 9.02. The molecule has 2 atom stereocenters. The van der Waals surface area contributed by atoms with E-state index in [1.165, 1.54) is 0 Å². The quantitative estimate of drug-likeness (QED) is 0.567. The second kappa shape index (κ2) is 9.04. The lowest BCUT2D eigenvalue weighted by molar-refractivity contribution is -0.164. The fraction of sp³-hybridized carbons (Fsp3) is 0.400. The molecule has 0 radical (unpaired) electrons. The molecule has 34 heavy (non-hydrogen) atoms. The summed E-state index contributed by atoms with van der Waals surface area (Å²) in [6.45, 7) is 0.372. The number of aliphatic carboxylic acids is 1. The predicted octanol–water partition coefficient (Wildman–Crippen LogP) is 3.92. The van der Waals surface area contributed by atoms with Crippen molar-refractivity contribution in [2.24, 2.45) is 5.41 Å². The Hall–Kier alpha value is -3.49. The number of alkyl halides is 2. The number of carboxylic acids is 1. The summed E-state index contributed by atoms with van der Waals surface area (Å²) in [6.07, 6.45) is 0.756. The number of nitrogens with one attached hydrogen (secondary N) is 2. The molecule has 0 heterocycles. The van der Waals surface area contributed by atoms with E-state index in [4.69, 9.17) is 9.84 Å². The van der Waals surface area contributed by atoms with Gasteiger partial charge in [-0.3, -0.25) is 4.79 Å². The van der Waals surface area contributed by atoms with Crippen molar-refractivity contribution in [2.45, 2.75) is 44.1 Å². The van der Waals surface area contributed by atoms with E-state index in [9.17, 15) is 23.2 Å². The zero-order valence-electron chi connectivity index (χ0n) is 18.6. The Labute approximate surface area is 195 Å². The van der Waals surface area contributed by atoms with Gasteiger partial charge in [-0.05, 0) is 42.0 Å². The Kier molecular flexibility index (Phi) is 6.29. The van der Waals surface area contributed by atoms with Crippen LogP contribution in [0.4, 0.5) is 13.6 Å². The lowest BCUT2D eigenvalue weighted by Crippen LogP contribution is -2.53. The molecule has 1 saturated carbocycles. The molecule has 2 unspecified atom stereocenters. The van der Waals surface area contributed by atoms with Crippen molar-refractivity contribution >= 4 is 18.0 Å². The minimum atomic E-state index is -4.07. The molecule has 0 saturated heterocycles. The summed E-state index contributed by atoms with van der Waals surface area (Å²) in [7, 11) is 0. The molecule has 2 amide bonds. The molecule has 7 nitrogen and oxygen atoms in total. The van der Waals surface area contributed by atoms with E-state index >= 15 is 0 Å². The molecule has 0 bridgehead atoms. The number of benzene rings is 2. The highest BCUT2D eigenvalue weighted by Gasteiger charge is 2.48. The minimum Gasteiger partial charge on any atom is -0.477 e. The summed E-state index contributed by atoms with van der Waals surface area (Å²) in [4.78, 5) is 35.9. The van der Waals surface area contributed by atoms with Crippen LogP contribution in [0.1, 0.15) is 43.2 Å². The van der Waals surface area contributed by atoms with E-state index in [2.05, 4.69) is 5.32 Å². The van der Waals surface area contributed by atoms with Crippen LogP contribution in [0.25, 0.3) is 11.1 Å². The third kappa shape index (κ3) is 4.34. The van der Waals surface area contributed by atoms with Gasteiger partial charge in [0.25, 0.3) is 0 Å². The maximum Gasteiger partial charge on any atom is 0.407 e. The standard InChI is InChI=1S/C25H26F2N2O5/c1-24(21(30)28-14-25(26,27)22(31)32)12-6-11-20(24)29-23(33)34-13-19-17-9-4-2-7-15(17)16-8-3-5-10-18(16)19/h2-5,7-10,19-20H,6,11-14H2,1H3,(H,28,30)(H,29,33)(H,31,32). The topological polar surface area (TPSA) is 105 Å². The molecule has 9 heteroatoms. The van der Waals surface area contributed by atoms with Crippen LogP contribution in [0.3, 0.4) is 0 Å². The Bertz CT molecular complexity index is 1080. The van der Waals surface area contributed by atoms with Gasteiger partial charge in [0.05, 0.1) is 12.0 Å². The van der Waals surface area contributed by atoms with Crippen LogP contribution < -0.4 is 10.6 Å². The van der Waals surface area contributed by atoms with Gasteiger partial charge in [-0.2, -0.15) is 8.78 Å². The van der Waals surface area contributed by atoms with Gasteiger partial charge in [0.1, 0.15) is 6.61 Å². The number of hydrogen-bond donors (Lipinski definition) is 3. The van der Waals surface area contributed by atoms with Crippen LogP contribution in [0, 0.1) is 5.41 Å². The van der Waals surface area contributed by atoms with Crippen molar-refractivity contribution < 1.29 is 33.0 Å². The lowest BCUT2D eigenvalue weighted by atomic mass is 9.83. The number of halogens is 2. The fourth-order valence-corrected chi connectivity index (χ4v) is 4.92. The highest BCUT2D eigenvalue weighted by Crippen LogP contribution is 2.44. The van der Waals surface area contributed by atoms with Gasteiger partial charge in [-0.15, -0.1) is 0 Å². The van der Waals surface area contributed by atoms with Crippen LogP contribution >= 0.6 is 0 Å². The second-order valence-corrected chi connectivity index (χ2v) is 9.02. The third-order valence-electron chi connectivity index (χ3n) is 6.90. The molecule has 3 N–H and O–H groups in total. The van der Waals surface area contributed by atoms with E-state index < -0.39 is 41.9 Å². The largest absolute Gasteiger partial charge is 0.477 e. The van der Waals surface area contributed by atoms with Gasteiger partial charge in [0.2, 0.25) is 5.91 Å². The van der Waals surface area contributed by atoms with Crippen molar-refractivity contribution in [3.05, 3.63) is 59.7 Å². The molecule has 180 valence electrons. The summed E-state index contributed by atoms with van der Waals surface area (Å²) >= 11 is 0. The zero-order chi connectivity index (χ0) is 24.5. The van der Waals surface area contributed by atoms with Crippen LogP contribution in [0.15, 0.2) is 48.5 Å². The predicted molar refractivity (Wildman–Crippen MR) is 120 cm³/mol. The van der Waals surface area contributed by atoms with E-state index in [0.717, 1.165) is 22.3 Å². The molecule has 0 aliphatic heterocycles. The van der Waals surface area contributed by atoms with Crippen LogP contribution in [0.2, 0.25) is 0 Å². The first-order valence-corrected chi connectivity index (χ1v) is 11.1. The maximum absolute atomic E-state index is 13.4. The normalized spacial score (nSPS) is 21.4. The lowest BCUT2D eigenvalue weighted by Gasteiger charge is -2.31. The summed E-state index contributed by atoms with van der Waals surface area (Å²) in [5.74, 6) is -7.22. The monoisotopic (exact) mass is 472 g/mol. The Morgan fingerprint density at radius 1 is 1.09 bits per heavy atom. The smallest absolute Gasteiger partial charge is 0.407 e. The van der Waals surface area contributed by atoms with Crippen LogP contribution in [-0.2, 0) is 14.3 Å². The number of rotatable bonds is 7. The van der Waals surface area contributed by atoms with Crippen LogP contribution in [-0.4, -0.2) is 48.2 Å².